The molecule has 1 aliphatic heterocycles. The fourth-order valence-electron chi connectivity index (χ4n) is 3.01. The van der Waals surface area contributed by atoms with E-state index in [2.05, 4.69) is 16.0 Å². The van der Waals surface area contributed by atoms with E-state index in [0.717, 1.165) is 4.88 Å². The molecular formula is C19H22N4O3S. The van der Waals surface area contributed by atoms with Gasteiger partial charge in [-0.3, -0.25) is 9.59 Å². The van der Waals surface area contributed by atoms with E-state index in [9.17, 15) is 14.4 Å². The molecule has 0 spiro atoms. The van der Waals surface area contributed by atoms with Crippen LogP contribution in [0.1, 0.15) is 22.5 Å². The molecule has 0 bridgehead atoms. The first-order chi connectivity index (χ1) is 13.1. The van der Waals surface area contributed by atoms with Gasteiger partial charge in [0.05, 0.1) is 4.88 Å². The number of benzene rings is 1. The molecule has 0 radical (unpaired) electrons. The number of hydrogen-bond donors (Lipinski definition) is 3. The number of nitrogens with zero attached hydrogens (tertiary/aromatic N) is 1. The summed E-state index contributed by atoms with van der Waals surface area (Å²) in [6.45, 7) is 1.15. The zero-order valence-electron chi connectivity index (χ0n) is 15.0. The van der Waals surface area contributed by atoms with E-state index in [-0.39, 0.29) is 23.8 Å². The van der Waals surface area contributed by atoms with Gasteiger partial charge in [0.1, 0.15) is 0 Å². The molecule has 0 unspecified atom stereocenters. The predicted molar refractivity (Wildman–Crippen MR) is 106 cm³/mol. The molecule has 1 aromatic carbocycles. The number of likely N-dealkylation sites (tertiary alicyclic amines) is 1. The van der Waals surface area contributed by atoms with Gasteiger partial charge in [-0.25, -0.2) is 4.79 Å². The minimum Gasteiger partial charge on any atom is -0.341 e. The molecule has 1 saturated heterocycles. The number of anilines is 2. The third-order valence-electron chi connectivity index (χ3n) is 4.50. The van der Waals surface area contributed by atoms with Gasteiger partial charge in [0, 0.05) is 37.4 Å². The van der Waals surface area contributed by atoms with Crippen LogP contribution in [-0.2, 0) is 4.79 Å². The van der Waals surface area contributed by atoms with Crippen LogP contribution in [0.4, 0.5) is 16.2 Å². The predicted octanol–water partition coefficient (Wildman–Crippen LogP) is 2.99. The number of amides is 4. The minimum atomic E-state index is -0.318. The summed E-state index contributed by atoms with van der Waals surface area (Å²) in [5.41, 5.74) is 1.23. The standard InChI is InChI=1S/C19H22N4O3S/c1-20-19(26)22-15-5-2-4-14(12-15)21-17(24)13-7-9-23(10-8-13)18(25)16-6-3-11-27-16/h2-6,11-13H,7-10H2,1H3,(H,21,24)(H2,20,22,26). The van der Waals surface area contributed by atoms with E-state index in [1.807, 2.05) is 22.4 Å². The van der Waals surface area contributed by atoms with Crippen molar-refractivity contribution in [3.63, 3.8) is 0 Å². The SMILES string of the molecule is CNC(=O)Nc1cccc(NC(=O)C2CCN(C(=O)c3cccs3)CC2)c1. The van der Waals surface area contributed by atoms with Crippen LogP contribution in [0.3, 0.4) is 0 Å². The lowest BCUT2D eigenvalue weighted by atomic mass is 9.95. The molecular weight excluding hydrogens is 364 g/mol. The molecule has 27 heavy (non-hydrogen) atoms. The third kappa shape index (κ3) is 4.85. The van der Waals surface area contributed by atoms with Gasteiger partial charge >= 0.3 is 6.03 Å². The Morgan fingerprint density at radius 3 is 2.37 bits per heavy atom. The normalized spacial score (nSPS) is 14.5. The molecule has 3 rings (SSSR count). The van der Waals surface area contributed by atoms with Gasteiger partial charge < -0.3 is 20.9 Å². The van der Waals surface area contributed by atoms with E-state index < -0.39 is 0 Å². The maximum Gasteiger partial charge on any atom is 0.318 e. The molecule has 2 aromatic rings. The molecule has 2 heterocycles. The average Bonchev–Trinajstić information content (AvgIpc) is 3.22. The number of hydrogen-bond acceptors (Lipinski definition) is 4. The van der Waals surface area contributed by atoms with Crippen LogP contribution in [-0.4, -0.2) is 42.9 Å². The van der Waals surface area contributed by atoms with Crippen molar-refractivity contribution in [3.05, 3.63) is 46.7 Å². The first-order valence-corrected chi connectivity index (χ1v) is 9.67. The zero-order valence-corrected chi connectivity index (χ0v) is 15.8. The summed E-state index contributed by atoms with van der Waals surface area (Å²) in [6, 6.07) is 10.4. The second-order valence-electron chi connectivity index (χ2n) is 6.32. The lowest BCUT2D eigenvalue weighted by molar-refractivity contribution is -0.121. The first kappa shape index (κ1) is 18.9. The minimum absolute atomic E-state index is 0.0387. The van der Waals surface area contributed by atoms with Crippen molar-refractivity contribution >= 4 is 40.6 Å². The fraction of sp³-hybridized carbons (Fsp3) is 0.316. The van der Waals surface area contributed by atoms with Crippen LogP contribution in [0.25, 0.3) is 0 Å². The van der Waals surface area contributed by atoms with Crippen molar-refractivity contribution in [2.75, 3.05) is 30.8 Å². The van der Waals surface area contributed by atoms with Crippen LogP contribution in [0.2, 0.25) is 0 Å². The van der Waals surface area contributed by atoms with Crippen LogP contribution >= 0.6 is 11.3 Å². The van der Waals surface area contributed by atoms with Gasteiger partial charge in [0.2, 0.25) is 5.91 Å². The van der Waals surface area contributed by atoms with Crippen molar-refractivity contribution in [1.29, 1.82) is 0 Å². The maximum atomic E-state index is 12.6. The van der Waals surface area contributed by atoms with E-state index in [4.69, 9.17) is 0 Å². The smallest absolute Gasteiger partial charge is 0.318 e. The van der Waals surface area contributed by atoms with Crippen LogP contribution in [0.5, 0.6) is 0 Å². The molecule has 1 aromatic heterocycles. The Kier molecular flexibility index (Phi) is 6.08. The van der Waals surface area contributed by atoms with Gasteiger partial charge in [-0.1, -0.05) is 12.1 Å². The van der Waals surface area contributed by atoms with E-state index in [1.54, 1.807) is 24.3 Å². The van der Waals surface area contributed by atoms with E-state index in [0.29, 0.717) is 37.3 Å². The first-order valence-electron chi connectivity index (χ1n) is 8.79. The largest absolute Gasteiger partial charge is 0.341 e. The van der Waals surface area contributed by atoms with Crippen molar-refractivity contribution in [2.24, 2.45) is 5.92 Å². The highest BCUT2D eigenvalue weighted by atomic mass is 32.1. The number of carbonyl (C=O) groups is 3. The van der Waals surface area contributed by atoms with Gasteiger partial charge in [-0.2, -0.15) is 0 Å². The van der Waals surface area contributed by atoms with Crippen LogP contribution in [0, 0.1) is 5.92 Å². The van der Waals surface area contributed by atoms with E-state index >= 15 is 0 Å². The molecule has 4 amide bonds. The van der Waals surface area contributed by atoms with Crippen LogP contribution < -0.4 is 16.0 Å². The summed E-state index contributed by atoms with van der Waals surface area (Å²) in [7, 11) is 1.54. The third-order valence-corrected chi connectivity index (χ3v) is 5.36. The summed E-state index contributed by atoms with van der Waals surface area (Å²) < 4.78 is 0. The lowest BCUT2D eigenvalue weighted by Crippen LogP contribution is -2.41. The summed E-state index contributed by atoms with van der Waals surface area (Å²) in [5, 5.41) is 9.94. The molecule has 1 fully saturated rings. The Morgan fingerprint density at radius 2 is 1.74 bits per heavy atom. The summed E-state index contributed by atoms with van der Waals surface area (Å²) in [5.74, 6) is -0.153. The Hall–Kier alpha value is -2.87. The Morgan fingerprint density at radius 1 is 1.04 bits per heavy atom. The number of nitrogens with one attached hydrogen (secondary N) is 3. The quantitative estimate of drug-likeness (QED) is 0.754. The average molecular weight is 386 g/mol. The second kappa shape index (κ2) is 8.68. The molecule has 8 heteroatoms. The highest BCUT2D eigenvalue weighted by Crippen LogP contribution is 2.23. The molecule has 3 N–H and O–H groups in total. The molecule has 142 valence electrons. The highest BCUT2D eigenvalue weighted by Gasteiger charge is 2.28. The maximum absolute atomic E-state index is 12.6. The highest BCUT2D eigenvalue weighted by molar-refractivity contribution is 7.12. The van der Waals surface area contributed by atoms with Crippen molar-refractivity contribution in [3.8, 4) is 0 Å². The van der Waals surface area contributed by atoms with Crippen molar-refractivity contribution in [2.45, 2.75) is 12.8 Å². The number of rotatable bonds is 4. The van der Waals surface area contributed by atoms with Gasteiger partial charge in [-0.05, 0) is 42.5 Å². The van der Waals surface area contributed by atoms with Gasteiger partial charge in [0.25, 0.3) is 5.91 Å². The molecule has 1 aliphatic rings. The Labute approximate surface area is 161 Å². The lowest BCUT2D eigenvalue weighted by Gasteiger charge is -2.31. The summed E-state index contributed by atoms with van der Waals surface area (Å²) in [4.78, 5) is 38.9. The van der Waals surface area contributed by atoms with Crippen molar-refractivity contribution < 1.29 is 14.4 Å². The second-order valence-corrected chi connectivity index (χ2v) is 7.27. The van der Waals surface area contributed by atoms with Crippen molar-refractivity contribution in [1.82, 2.24) is 10.2 Å². The molecule has 0 atom stereocenters. The van der Waals surface area contributed by atoms with E-state index in [1.165, 1.54) is 18.4 Å². The summed E-state index contributed by atoms with van der Waals surface area (Å²) in [6.07, 6.45) is 1.28. The monoisotopic (exact) mass is 386 g/mol. The number of carbonyl (C=O) groups excluding carboxylic acids is 3. The number of piperidine rings is 1. The van der Waals surface area contributed by atoms with Gasteiger partial charge in [0.15, 0.2) is 0 Å². The summed E-state index contributed by atoms with van der Waals surface area (Å²) >= 11 is 1.44. The van der Waals surface area contributed by atoms with Crippen LogP contribution in [0.15, 0.2) is 41.8 Å². The fourth-order valence-corrected chi connectivity index (χ4v) is 3.70. The molecule has 7 nitrogen and oxygen atoms in total. The Bertz CT molecular complexity index is 814. The number of urea groups is 1. The molecule has 0 saturated carbocycles. The topological polar surface area (TPSA) is 90.5 Å². The Balaban J connectivity index is 1.53. The zero-order chi connectivity index (χ0) is 19.2. The number of thiophene rings is 1. The van der Waals surface area contributed by atoms with Gasteiger partial charge in [-0.15, -0.1) is 11.3 Å². The molecule has 0 aliphatic carbocycles.